The molecule has 1 aromatic heterocycles. The van der Waals surface area contributed by atoms with Crippen LogP contribution in [-0.4, -0.2) is 19.2 Å². The van der Waals surface area contributed by atoms with Crippen molar-refractivity contribution in [1.29, 1.82) is 0 Å². The van der Waals surface area contributed by atoms with E-state index in [-0.39, 0.29) is 5.75 Å². The van der Waals surface area contributed by atoms with E-state index in [0.717, 1.165) is 12.8 Å². The molecule has 0 aromatic carbocycles. The van der Waals surface area contributed by atoms with Gasteiger partial charge in [0.1, 0.15) is 0 Å². The molecule has 0 radical (unpaired) electrons. The lowest BCUT2D eigenvalue weighted by Gasteiger charge is -2.23. The molecular weight excluding hydrogens is 212 g/mol. The maximum atomic E-state index is 11.9. The second-order valence-corrected chi connectivity index (χ2v) is 6.16. The molecule has 5 heteroatoms. The SMILES string of the molecule is Nc1cnccc1C1CCCCS1(=O)=O. The lowest BCUT2D eigenvalue weighted by molar-refractivity contribution is 0.546. The number of nitrogen functional groups attached to an aromatic ring is 1. The first kappa shape index (κ1) is 10.4. The molecule has 82 valence electrons. The molecule has 0 amide bonds. The van der Waals surface area contributed by atoms with Crippen LogP contribution in [0.15, 0.2) is 18.5 Å². The Morgan fingerprint density at radius 3 is 2.87 bits per heavy atom. The number of hydrogen-bond acceptors (Lipinski definition) is 4. The Labute approximate surface area is 89.4 Å². The number of anilines is 1. The van der Waals surface area contributed by atoms with Gasteiger partial charge in [-0.15, -0.1) is 0 Å². The summed E-state index contributed by atoms with van der Waals surface area (Å²) in [7, 11) is -3.01. The molecular formula is C10H14N2O2S. The van der Waals surface area contributed by atoms with Crippen molar-refractivity contribution in [2.75, 3.05) is 11.5 Å². The van der Waals surface area contributed by atoms with Gasteiger partial charge in [-0.25, -0.2) is 8.42 Å². The second kappa shape index (κ2) is 3.81. The first-order chi connectivity index (χ1) is 7.11. The van der Waals surface area contributed by atoms with Crippen LogP contribution >= 0.6 is 0 Å². The fraction of sp³-hybridized carbons (Fsp3) is 0.500. The molecule has 0 spiro atoms. The number of sulfone groups is 1. The highest BCUT2D eigenvalue weighted by molar-refractivity contribution is 7.91. The molecule has 15 heavy (non-hydrogen) atoms. The topological polar surface area (TPSA) is 73.0 Å². The molecule has 4 nitrogen and oxygen atoms in total. The Morgan fingerprint density at radius 2 is 2.20 bits per heavy atom. The van der Waals surface area contributed by atoms with Crippen LogP contribution in [0.1, 0.15) is 30.1 Å². The average Bonchev–Trinajstić information content (AvgIpc) is 2.19. The third kappa shape index (κ3) is 1.97. The van der Waals surface area contributed by atoms with E-state index in [4.69, 9.17) is 5.73 Å². The first-order valence-corrected chi connectivity index (χ1v) is 6.74. The van der Waals surface area contributed by atoms with E-state index in [1.807, 2.05) is 0 Å². The van der Waals surface area contributed by atoms with Gasteiger partial charge in [0.25, 0.3) is 0 Å². The van der Waals surface area contributed by atoms with E-state index >= 15 is 0 Å². The monoisotopic (exact) mass is 226 g/mol. The van der Waals surface area contributed by atoms with Crippen molar-refractivity contribution in [1.82, 2.24) is 4.98 Å². The van der Waals surface area contributed by atoms with Crippen molar-refractivity contribution in [3.63, 3.8) is 0 Å². The lowest BCUT2D eigenvalue weighted by Crippen LogP contribution is -2.22. The van der Waals surface area contributed by atoms with Gasteiger partial charge < -0.3 is 5.73 Å². The van der Waals surface area contributed by atoms with Crippen LogP contribution in [0.2, 0.25) is 0 Å². The number of nitrogens with two attached hydrogens (primary N) is 1. The summed E-state index contributed by atoms with van der Waals surface area (Å²) >= 11 is 0. The van der Waals surface area contributed by atoms with Crippen molar-refractivity contribution in [3.8, 4) is 0 Å². The van der Waals surface area contributed by atoms with Gasteiger partial charge in [0.05, 0.1) is 22.9 Å². The van der Waals surface area contributed by atoms with Crippen LogP contribution in [-0.2, 0) is 9.84 Å². The standard InChI is InChI=1S/C10H14N2O2S/c11-9-7-12-5-4-8(9)10-3-1-2-6-15(10,13)14/h4-5,7,10H,1-3,6,11H2. The van der Waals surface area contributed by atoms with Crippen LogP contribution in [0.4, 0.5) is 5.69 Å². The van der Waals surface area contributed by atoms with E-state index in [2.05, 4.69) is 4.98 Å². The van der Waals surface area contributed by atoms with Crippen LogP contribution in [0.3, 0.4) is 0 Å². The molecule has 1 aromatic rings. The molecule has 1 atom stereocenters. The van der Waals surface area contributed by atoms with E-state index in [0.29, 0.717) is 17.7 Å². The highest BCUT2D eigenvalue weighted by atomic mass is 32.2. The maximum Gasteiger partial charge on any atom is 0.157 e. The minimum Gasteiger partial charge on any atom is -0.397 e. The second-order valence-electron chi connectivity index (χ2n) is 3.86. The van der Waals surface area contributed by atoms with Gasteiger partial charge in [-0.3, -0.25) is 4.98 Å². The Morgan fingerprint density at radius 1 is 1.40 bits per heavy atom. The Kier molecular flexibility index (Phi) is 2.65. The molecule has 1 unspecified atom stereocenters. The van der Waals surface area contributed by atoms with Gasteiger partial charge in [-0.1, -0.05) is 6.42 Å². The zero-order valence-corrected chi connectivity index (χ0v) is 9.20. The predicted molar refractivity (Wildman–Crippen MR) is 59.0 cm³/mol. The van der Waals surface area contributed by atoms with E-state index < -0.39 is 15.1 Å². The summed E-state index contributed by atoms with van der Waals surface area (Å²) in [5.74, 6) is 0.277. The zero-order valence-electron chi connectivity index (χ0n) is 8.39. The summed E-state index contributed by atoms with van der Waals surface area (Å²) in [6.07, 6.45) is 5.50. The molecule has 1 fully saturated rings. The van der Waals surface area contributed by atoms with E-state index in [1.54, 1.807) is 12.3 Å². The average molecular weight is 226 g/mol. The quantitative estimate of drug-likeness (QED) is 0.783. The Balaban J connectivity index is 2.42. The lowest BCUT2D eigenvalue weighted by atomic mass is 10.1. The van der Waals surface area contributed by atoms with Crippen molar-refractivity contribution in [3.05, 3.63) is 24.0 Å². The highest BCUT2D eigenvalue weighted by Gasteiger charge is 2.31. The Hall–Kier alpha value is -1.10. The van der Waals surface area contributed by atoms with Crippen LogP contribution < -0.4 is 5.73 Å². The summed E-state index contributed by atoms with van der Waals surface area (Å²) in [6.45, 7) is 0. The van der Waals surface area contributed by atoms with Crippen LogP contribution in [0, 0.1) is 0 Å². The summed E-state index contributed by atoms with van der Waals surface area (Å²) in [5, 5.41) is -0.422. The highest BCUT2D eigenvalue weighted by Crippen LogP contribution is 2.35. The third-order valence-electron chi connectivity index (χ3n) is 2.81. The molecule has 1 aliphatic heterocycles. The summed E-state index contributed by atoms with van der Waals surface area (Å²) < 4.78 is 23.7. The predicted octanol–water partition coefficient (Wildman–Crippen LogP) is 1.30. The van der Waals surface area contributed by atoms with Gasteiger partial charge in [-0.2, -0.15) is 0 Å². The number of nitrogens with zero attached hydrogens (tertiary/aromatic N) is 1. The summed E-state index contributed by atoms with van der Waals surface area (Å²) in [6, 6.07) is 1.71. The Bertz CT molecular complexity index is 456. The number of pyridine rings is 1. The van der Waals surface area contributed by atoms with Gasteiger partial charge in [-0.05, 0) is 24.5 Å². The normalized spacial score (nSPS) is 24.9. The first-order valence-electron chi connectivity index (χ1n) is 5.02. The van der Waals surface area contributed by atoms with E-state index in [1.165, 1.54) is 6.20 Å². The van der Waals surface area contributed by atoms with Crippen molar-refractivity contribution in [2.24, 2.45) is 0 Å². The van der Waals surface area contributed by atoms with Gasteiger partial charge in [0, 0.05) is 6.20 Å². The number of aromatic nitrogens is 1. The van der Waals surface area contributed by atoms with Crippen molar-refractivity contribution < 1.29 is 8.42 Å². The fourth-order valence-electron chi connectivity index (χ4n) is 2.01. The molecule has 0 saturated carbocycles. The fourth-order valence-corrected chi connectivity index (χ4v) is 4.03. The maximum absolute atomic E-state index is 11.9. The van der Waals surface area contributed by atoms with Gasteiger partial charge >= 0.3 is 0 Å². The molecule has 2 N–H and O–H groups in total. The molecule has 0 aliphatic carbocycles. The zero-order chi connectivity index (χ0) is 10.9. The summed E-state index contributed by atoms with van der Waals surface area (Å²) in [5.41, 5.74) is 6.94. The van der Waals surface area contributed by atoms with Crippen molar-refractivity contribution in [2.45, 2.75) is 24.5 Å². The van der Waals surface area contributed by atoms with Gasteiger partial charge in [0.15, 0.2) is 9.84 Å². The van der Waals surface area contributed by atoms with Crippen LogP contribution in [0.5, 0.6) is 0 Å². The largest absolute Gasteiger partial charge is 0.397 e. The molecule has 2 heterocycles. The van der Waals surface area contributed by atoms with Crippen LogP contribution in [0.25, 0.3) is 0 Å². The molecule has 0 bridgehead atoms. The van der Waals surface area contributed by atoms with Gasteiger partial charge in [0.2, 0.25) is 0 Å². The third-order valence-corrected chi connectivity index (χ3v) is 5.03. The molecule has 1 saturated heterocycles. The van der Waals surface area contributed by atoms with E-state index in [9.17, 15) is 8.42 Å². The smallest absolute Gasteiger partial charge is 0.157 e. The summed E-state index contributed by atoms with van der Waals surface area (Å²) in [4.78, 5) is 3.87. The minimum atomic E-state index is -3.01. The number of hydrogen-bond donors (Lipinski definition) is 1. The molecule has 1 aliphatic rings. The molecule has 2 rings (SSSR count). The minimum absolute atomic E-state index is 0.277. The number of rotatable bonds is 1. The van der Waals surface area contributed by atoms with Crippen molar-refractivity contribution >= 4 is 15.5 Å².